The summed E-state index contributed by atoms with van der Waals surface area (Å²) in [4.78, 5) is 21.5. The van der Waals surface area contributed by atoms with Crippen molar-refractivity contribution < 1.29 is 13.9 Å². The number of hydrogen-bond donors (Lipinski definition) is 0. The third-order valence-electron chi connectivity index (χ3n) is 5.54. The Morgan fingerprint density at radius 2 is 1.92 bits per heavy atom. The Balaban J connectivity index is 1.35. The van der Waals surface area contributed by atoms with E-state index in [4.69, 9.17) is 20.8 Å². The highest BCUT2D eigenvalue weighted by molar-refractivity contribution is 6.31. The zero-order valence-electron chi connectivity index (χ0n) is 15.0. The van der Waals surface area contributed by atoms with Crippen LogP contribution in [0.15, 0.2) is 22.6 Å². The highest BCUT2D eigenvalue weighted by atomic mass is 35.5. The Bertz CT molecular complexity index is 777. The van der Waals surface area contributed by atoms with Crippen LogP contribution in [0.4, 0.5) is 6.01 Å². The Kier molecular flexibility index (Phi) is 5.05. The Morgan fingerprint density at radius 3 is 2.62 bits per heavy atom. The second kappa shape index (κ2) is 7.45. The summed E-state index contributed by atoms with van der Waals surface area (Å²) < 4.78 is 11.2. The molecule has 1 aromatic heterocycles. The number of nitrogens with zero attached hydrogens (tertiary/aromatic N) is 3. The molecule has 0 atom stereocenters. The average Bonchev–Trinajstić information content (AvgIpc) is 3.11. The summed E-state index contributed by atoms with van der Waals surface area (Å²) in [7, 11) is 1.75. The van der Waals surface area contributed by atoms with Crippen LogP contribution in [0.5, 0.6) is 0 Å². The number of likely N-dealkylation sites (tertiary alicyclic amines) is 1. The summed E-state index contributed by atoms with van der Waals surface area (Å²) in [5, 5.41) is 0.641. The third kappa shape index (κ3) is 3.53. The molecular weight excluding hydrogens is 354 g/mol. The van der Waals surface area contributed by atoms with E-state index in [-0.39, 0.29) is 5.92 Å². The van der Waals surface area contributed by atoms with E-state index in [2.05, 4.69) is 9.88 Å². The number of aromatic nitrogens is 1. The number of fused-ring (bicyclic) bond motifs is 1. The minimum absolute atomic E-state index is 0.101. The van der Waals surface area contributed by atoms with Gasteiger partial charge in [-0.2, -0.15) is 4.98 Å². The van der Waals surface area contributed by atoms with Gasteiger partial charge in [-0.25, -0.2) is 0 Å². The Hall–Kier alpha value is -1.79. The Morgan fingerprint density at radius 1 is 1.19 bits per heavy atom. The van der Waals surface area contributed by atoms with E-state index >= 15 is 0 Å². The number of hydrogen-bond acceptors (Lipinski definition) is 5. The quantitative estimate of drug-likeness (QED) is 0.821. The van der Waals surface area contributed by atoms with E-state index in [0.29, 0.717) is 28.6 Å². The Labute approximate surface area is 158 Å². The first-order chi connectivity index (χ1) is 12.6. The number of methoxy groups -OCH3 is 1. The molecule has 6 nitrogen and oxygen atoms in total. The number of rotatable bonds is 3. The van der Waals surface area contributed by atoms with Gasteiger partial charge in [-0.05, 0) is 37.8 Å². The summed E-state index contributed by atoms with van der Waals surface area (Å²) in [6.45, 7) is 3.18. The normalized spacial score (nSPS) is 20.1. The zero-order chi connectivity index (χ0) is 18.1. The van der Waals surface area contributed by atoms with Crippen LogP contribution in [0, 0.1) is 5.92 Å². The molecule has 0 spiro atoms. The van der Waals surface area contributed by atoms with Crippen LogP contribution < -0.4 is 4.90 Å². The number of piperidine rings is 2. The number of benzene rings is 1. The van der Waals surface area contributed by atoms with Crippen molar-refractivity contribution in [1.29, 1.82) is 0 Å². The number of halogens is 1. The number of carbonyl (C=O) groups excluding carboxylic acids is 1. The van der Waals surface area contributed by atoms with Gasteiger partial charge >= 0.3 is 0 Å². The molecule has 0 unspecified atom stereocenters. The van der Waals surface area contributed by atoms with Crippen molar-refractivity contribution in [3.05, 3.63) is 23.2 Å². The van der Waals surface area contributed by atoms with Crippen LogP contribution >= 0.6 is 11.6 Å². The predicted octanol–water partition coefficient (Wildman–Crippen LogP) is 3.34. The molecule has 0 aliphatic carbocycles. The third-order valence-corrected chi connectivity index (χ3v) is 5.78. The van der Waals surface area contributed by atoms with Crippen molar-refractivity contribution in [2.24, 2.45) is 5.92 Å². The second-order valence-electron chi connectivity index (χ2n) is 7.13. The maximum atomic E-state index is 12.8. The molecule has 1 amide bonds. The van der Waals surface area contributed by atoms with Crippen LogP contribution in [-0.4, -0.2) is 55.2 Å². The van der Waals surface area contributed by atoms with Gasteiger partial charge in [0, 0.05) is 50.3 Å². The van der Waals surface area contributed by atoms with Gasteiger partial charge in [0.2, 0.25) is 5.91 Å². The molecule has 1 aromatic carbocycles. The molecule has 7 heteroatoms. The van der Waals surface area contributed by atoms with E-state index in [1.807, 2.05) is 17.0 Å². The lowest BCUT2D eigenvalue weighted by atomic mass is 9.94. The molecule has 140 valence electrons. The summed E-state index contributed by atoms with van der Waals surface area (Å²) in [5.41, 5.74) is 1.51. The monoisotopic (exact) mass is 377 g/mol. The number of amides is 1. The van der Waals surface area contributed by atoms with Crippen LogP contribution in [0.1, 0.15) is 25.7 Å². The van der Waals surface area contributed by atoms with Crippen molar-refractivity contribution in [3.8, 4) is 0 Å². The first-order valence-electron chi connectivity index (χ1n) is 9.26. The van der Waals surface area contributed by atoms with Crippen LogP contribution in [0.3, 0.4) is 0 Å². The molecule has 26 heavy (non-hydrogen) atoms. The first kappa shape index (κ1) is 17.6. The molecule has 0 N–H and O–H groups in total. The largest absolute Gasteiger partial charge is 0.423 e. The maximum Gasteiger partial charge on any atom is 0.298 e. The van der Waals surface area contributed by atoms with Crippen molar-refractivity contribution >= 4 is 34.6 Å². The van der Waals surface area contributed by atoms with Gasteiger partial charge in [-0.3, -0.25) is 4.79 Å². The standard InChI is InChI=1S/C19H24ClN3O3/c1-25-15-6-10-22(11-7-15)18(24)13-4-8-23(9-5-13)19-21-16-3-2-14(20)12-17(16)26-19/h2-3,12-13,15H,4-11H2,1H3. The van der Waals surface area contributed by atoms with Gasteiger partial charge in [-0.15, -0.1) is 0 Å². The topological polar surface area (TPSA) is 58.8 Å². The molecule has 2 aromatic rings. The summed E-state index contributed by atoms with van der Waals surface area (Å²) in [6, 6.07) is 6.08. The van der Waals surface area contributed by atoms with E-state index in [9.17, 15) is 4.79 Å². The van der Waals surface area contributed by atoms with Crippen molar-refractivity contribution in [2.45, 2.75) is 31.8 Å². The fourth-order valence-electron chi connectivity index (χ4n) is 3.91. The molecule has 0 saturated carbocycles. The van der Waals surface area contributed by atoms with Crippen LogP contribution in [0.2, 0.25) is 5.02 Å². The van der Waals surface area contributed by atoms with Gasteiger partial charge in [0.15, 0.2) is 5.58 Å². The fourth-order valence-corrected chi connectivity index (χ4v) is 4.07. The lowest BCUT2D eigenvalue weighted by Gasteiger charge is -2.36. The van der Waals surface area contributed by atoms with Crippen molar-refractivity contribution in [1.82, 2.24) is 9.88 Å². The summed E-state index contributed by atoms with van der Waals surface area (Å²) in [5.74, 6) is 0.396. The highest BCUT2D eigenvalue weighted by Gasteiger charge is 2.32. The minimum atomic E-state index is 0.101. The van der Waals surface area contributed by atoms with E-state index in [0.717, 1.165) is 57.4 Å². The van der Waals surface area contributed by atoms with Gasteiger partial charge in [0.05, 0.1) is 6.10 Å². The zero-order valence-corrected chi connectivity index (χ0v) is 15.7. The molecule has 0 radical (unpaired) electrons. The molecule has 4 rings (SSSR count). The maximum absolute atomic E-state index is 12.8. The molecular formula is C19H24ClN3O3. The van der Waals surface area contributed by atoms with E-state index in [1.165, 1.54) is 0 Å². The molecule has 0 bridgehead atoms. The number of anilines is 1. The fraction of sp³-hybridized carbons (Fsp3) is 0.579. The predicted molar refractivity (Wildman–Crippen MR) is 101 cm³/mol. The molecule has 3 heterocycles. The average molecular weight is 378 g/mol. The van der Waals surface area contributed by atoms with Gasteiger partial charge < -0.3 is 19.0 Å². The van der Waals surface area contributed by atoms with Gasteiger partial charge in [0.25, 0.3) is 6.01 Å². The molecule has 2 fully saturated rings. The van der Waals surface area contributed by atoms with Crippen LogP contribution in [-0.2, 0) is 9.53 Å². The van der Waals surface area contributed by atoms with Gasteiger partial charge in [0.1, 0.15) is 5.52 Å². The molecule has 2 saturated heterocycles. The van der Waals surface area contributed by atoms with E-state index < -0.39 is 0 Å². The summed E-state index contributed by atoms with van der Waals surface area (Å²) in [6.07, 6.45) is 3.85. The first-order valence-corrected chi connectivity index (χ1v) is 9.64. The minimum Gasteiger partial charge on any atom is -0.423 e. The number of oxazole rings is 1. The second-order valence-corrected chi connectivity index (χ2v) is 7.57. The van der Waals surface area contributed by atoms with Gasteiger partial charge in [-0.1, -0.05) is 11.6 Å². The lowest BCUT2D eigenvalue weighted by Crippen LogP contribution is -2.46. The van der Waals surface area contributed by atoms with Crippen molar-refractivity contribution in [2.75, 3.05) is 38.2 Å². The van der Waals surface area contributed by atoms with Crippen LogP contribution in [0.25, 0.3) is 11.1 Å². The number of ether oxygens (including phenoxy) is 1. The summed E-state index contributed by atoms with van der Waals surface area (Å²) >= 11 is 6.01. The highest BCUT2D eigenvalue weighted by Crippen LogP contribution is 2.29. The van der Waals surface area contributed by atoms with E-state index in [1.54, 1.807) is 13.2 Å². The number of carbonyl (C=O) groups is 1. The smallest absolute Gasteiger partial charge is 0.298 e. The lowest BCUT2D eigenvalue weighted by molar-refractivity contribution is -0.138. The van der Waals surface area contributed by atoms with Crippen molar-refractivity contribution in [3.63, 3.8) is 0 Å². The SMILES string of the molecule is COC1CCN(C(=O)C2CCN(c3nc4ccc(Cl)cc4o3)CC2)CC1. The molecule has 2 aliphatic rings. The molecule has 2 aliphatic heterocycles.